The molecule has 1 aliphatic carbocycles. The van der Waals surface area contributed by atoms with Gasteiger partial charge in [0.25, 0.3) is 0 Å². The van der Waals surface area contributed by atoms with Crippen molar-refractivity contribution in [3.63, 3.8) is 0 Å². The topological polar surface area (TPSA) is 33.1 Å². The molecule has 20 heavy (non-hydrogen) atoms. The van der Waals surface area contributed by atoms with Crippen LogP contribution in [-0.2, 0) is 4.87 Å². The monoisotopic (exact) mass is 307 g/mol. The third kappa shape index (κ3) is 2.45. The lowest BCUT2D eigenvalue weighted by atomic mass is 9.91. The molecule has 1 atom stereocenters. The molecule has 0 saturated heterocycles. The second-order valence-corrected chi connectivity index (χ2v) is 7.29. The molecule has 1 aromatic carbocycles. The van der Waals surface area contributed by atoms with Gasteiger partial charge in [0, 0.05) is 0 Å². The first kappa shape index (κ1) is 13.9. The summed E-state index contributed by atoms with van der Waals surface area (Å²) in [5.74, 6) is 0.318. The van der Waals surface area contributed by atoms with E-state index in [4.69, 9.17) is 11.6 Å². The van der Waals surface area contributed by atoms with Gasteiger partial charge in [0.2, 0.25) is 0 Å². The molecule has 1 heterocycles. The number of hydrogen-bond donors (Lipinski definition) is 1. The maximum Gasteiger partial charge on any atom is 0.150 e. The number of hydrogen-bond acceptors (Lipinski definition) is 3. The molecule has 4 heteroatoms. The average molecular weight is 308 g/mol. The van der Waals surface area contributed by atoms with Crippen molar-refractivity contribution in [2.45, 2.75) is 43.9 Å². The van der Waals surface area contributed by atoms with Gasteiger partial charge in [-0.1, -0.05) is 18.6 Å². The van der Waals surface area contributed by atoms with Gasteiger partial charge in [-0.3, -0.25) is 0 Å². The van der Waals surface area contributed by atoms with Crippen LogP contribution in [0, 0.1) is 0 Å². The summed E-state index contributed by atoms with van der Waals surface area (Å²) in [5, 5.41) is 11.4. The Morgan fingerprint density at radius 2 is 1.95 bits per heavy atom. The van der Waals surface area contributed by atoms with E-state index >= 15 is 0 Å². The van der Waals surface area contributed by atoms with Crippen molar-refractivity contribution in [3.05, 3.63) is 40.6 Å². The third-order valence-corrected chi connectivity index (χ3v) is 5.66. The number of nitrogens with zero attached hydrogens (tertiary/aromatic N) is 1. The Hall–Kier alpha value is -1.06. The Bertz CT molecular complexity index is 618. The lowest BCUT2D eigenvalue weighted by Crippen LogP contribution is -2.19. The van der Waals surface area contributed by atoms with Gasteiger partial charge >= 0.3 is 0 Å². The number of fused-ring (bicyclic) bond motifs is 1. The number of allylic oxidation sites excluding steroid dienone is 2. The van der Waals surface area contributed by atoms with E-state index in [0.29, 0.717) is 5.76 Å². The van der Waals surface area contributed by atoms with Crippen LogP contribution in [0.15, 0.2) is 35.6 Å². The molecule has 106 valence electrons. The first-order chi connectivity index (χ1) is 9.59. The van der Waals surface area contributed by atoms with Gasteiger partial charge in [0.1, 0.15) is 15.6 Å². The lowest BCUT2D eigenvalue weighted by molar-refractivity contribution is 0.339. The molecule has 0 aliphatic heterocycles. The van der Waals surface area contributed by atoms with Crippen LogP contribution in [0.5, 0.6) is 0 Å². The van der Waals surface area contributed by atoms with Gasteiger partial charge in [-0.25, -0.2) is 4.98 Å². The highest BCUT2D eigenvalue weighted by molar-refractivity contribution is 7.19. The molecular weight excluding hydrogens is 290 g/mol. The Morgan fingerprint density at radius 1 is 1.25 bits per heavy atom. The summed E-state index contributed by atoms with van der Waals surface area (Å²) in [6.45, 7) is 1.85. The minimum Gasteiger partial charge on any atom is -0.510 e. The van der Waals surface area contributed by atoms with E-state index in [1.165, 1.54) is 6.42 Å². The van der Waals surface area contributed by atoms with Crippen LogP contribution in [-0.4, -0.2) is 10.1 Å². The maximum atomic E-state index is 10.6. The number of benzene rings is 1. The Balaban J connectivity index is 2.01. The fraction of sp³-hybridized carbons (Fsp3) is 0.438. The molecule has 3 rings (SSSR count). The minimum absolute atomic E-state index is 0.318. The van der Waals surface area contributed by atoms with Crippen molar-refractivity contribution >= 4 is 33.2 Å². The zero-order valence-corrected chi connectivity index (χ0v) is 13.1. The van der Waals surface area contributed by atoms with Crippen LogP contribution in [0.4, 0.5) is 0 Å². The van der Waals surface area contributed by atoms with Crippen molar-refractivity contribution in [1.82, 2.24) is 4.98 Å². The van der Waals surface area contributed by atoms with Crippen LogP contribution < -0.4 is 0 Å². The van der Waals surface area contributed by atoms with Crippen molar-refractivity contribution in [2.24, 2.45) is 0 Å². The van der Waals surface area contributed by atoms with Crippen molar-refractivity contribution in [3.8, 4) is 0 Å². The van der Waals surface area contributed by atoms with Crippen molar-refractivity contribution in [1.29, 1.82) is 0 Å². The average Bonchev–Trinajstić information content (AvgIpc) is 2.92. The van der Waals surface area contributed by atoms with E-state index in [1.54, 1.807) is 11.3 Å². The molecule has 0 radical (unpaired) electrons. The standard InChI is InChI=1S/C16H18ClNOS/c1-16(17,14(19)11-7-3-2-4-8-11)15-18-12-9-5-6-10-13(12)20-15/h5-6,9-10,19H,2-4,7-8H2,1H3. The summed E-state index contributed by atoms with van der Waals surface area (Å²) < 4.78 is 1.11. The third-order valence-electron chi connectivity index (χ3n) is 3.93. The largest absolute Gasteiger partial charge is 0.510 e. The predicted molar refractivity (Wildman–Crippen MR) is 85.6 cm³/mol. The van der Waals surface area contributed by atoms with Crippen LogP contribution in [0.25, 0.3) is 10.2 Å². The van der Waals surface area contributed by atoms with Crippen LogP contribution >= 0.6 is 22.9 Å². The van der Waals surface area contributed by atoms with Crippen LogP contribution in [0.1, 0.15) is 44.0 Å². The van der Waals surface area contributed by atoms with Crippen LogP contribution in [0.2, 0.25) is 0 Å². The molecular formula is C16H18ClNOS. The van der Waals surface area contributed by atoms with Crippen molar-refractivity contribution in [2.75, 3.05) is 0 Å². The van der Waals surface area contributed by atoms with Crippen molar-refractivity contribution < 1.29 is 5.11 Å². The quantitative estimate of drug-likeness (QED) is 0.585. The normalized spacial score (nSPS) is 19.0. The highest BCUT2D eigenvalue weighted by atomic mass is 35.5. The summed E-state index contributed by atoms with van der Waals surface area (Å²) in [7, 11) is 0. The fourth-order valence-electron chi connectivity index (χ4n) is 2.72. The number of rotatable bonds is 2. The van der Waals surface area contributed by atoms with Gasteiger partial charge in [-0.15, -0.1) is 22.9 Å². The minimum atomic E-state index is -0.906. The van der Waals surface area contributed by atoms with Gasteiger partial charge in [-0.05, 0) is 50.3 Å². The highest BCUT2D eigenvalue weighted by Crippen LogP contribution is 2.42. The maximum absolute atomic E-state index is 10.6. The zero-order valence-electron chi connectivity index (χ0n) is 11.5. The summed E-state index contributed by atoms with van der Waals surface area (Å²) >= 11 is 8.22. The lowest BCUT2D eigenvalue weighted by Gasteiger charge is -2.24. The Kier molecular flexibility index (Phi) is 3.74. The van der Waals surface area contributed by atoms with E-state index in [9.17, 15) is 5.11 Å². The smallest absolute Gasteiger partial charge is 0.150 e. The molecule has 1 aliphatic rings. The van der Waals surface area contributed by atoms with Gasteiger partial charge < -0.3 is 5.11 Å². The number of aliphatic hydroxyl groups excluding tert-OH is 1. The number of aliphatic hydroxyl groups is 1. The first-order valence-corrected chi connectivity index (χ1v) is 8.25. The van der Waals surface area contributed by atoms with Gasteiger partial charge in [0.05, 0.1) is 10.2 Å². The summed E-state index contributed by atoms with van der Waals surface area (Å²) in [5.41, 5.74) is 2.05. The molecule has 1 aromatic heterocycles. The highest BCUT2D eigenvalue weighted by Gasteiger charge is 2.34. The molecule has 0 bridgehead atoms. The zero-order chi connectivity index (χ0) is 14.2. The number of aromatic nitrogens is 1. The summed E-state index contributed by atoms with van der Waals surface area (Å²) in [4.78, 5) is 3.69. The molecule has 1 unspecified atom stereocenters. The molecule has 0 spiro atoms. The fourth-order valence-corrected chi connectivity index (χ4v) is 4.02. The van der Waals surface area contributed by atoms with E-state index in [1.807, 2.05) is 31.2 Å². The second-order valence-electron chi connectivity index (χ2n) is 5.50. The molecule has 1 fully saturated rings. The molecule has 1 N–H and O–H groups in total. The molecule has 0 amide bonds. The molecule has 1 saturated carbocycles. The second kappa shape index (κ2) is 5.38. The number of thiazole rings is 1. The number of halogens is 1. The summed E-state index contributed by atoms with van der Waals surface area (Å²) in [6, 6.07) is 7.98. The molecule has 2 nitrogen and oxygen atoms in total. The predicted octanol–water partition coefficient (Wildman–Crippen LogP) is 5.53. The van der Waals surface area contributed by atoms with E-state index < -0.39 is 4.87 Å². The van der Waals surface area contributed by atoms with Crippen LogP contribution in [0.3, 0.4) is 0 Å². The van der Waals surface area contributed by atoms with Gasteiger partial charge in [-0.2, -0.15) is 0 Å². The van der Waals surface area contributed by atoms with E-state index in [-0.39, 0.29) is 0 Å². The van der Waals surface area contributed by atoms with Gasteiger partial charge in [0.15, 0.2) is 0 Å². The Labute approximate surface area is 128 Å². The summed E-state index contributed by atoms with van der Waals surface area (Å²) in [6.07, 6.45) is 5.45. The SMILES string of the molecule is CC(Cl)(C(O)=C1CCCCC1)c1nc2ccccc2s1. The Morgan fingerprint density at radius 3 is 2.65 bits per heavy atom. The number of alkyl halides is 1. The number of para-hydroxylation sites is 1. The first-order valence-electron chi connectivity index (χ1n) is 7.05. The van der Waals surface area contributed by atoms with E-state index in [0.717, 1.165) is 46.5 Å². The molecule has 2 aromatic rings. The van der Waals surface area contributed by atoms with E-state index in [2.05, 4.69) is 4.98 Å².